The minimum Gasteiger partial charge on any atom is -0.497 e. The highest BCUT2D eigenvalue weighted by Gasteiger charge is 2.39. The molecule has 1 heterocycles. The van der Waals surface area contributed by atoms with E-state index in [1.54, 1.807) is 18.0 Å². The molecule has 8 heteroatoms. The molecule has 3 rings (SSSR count). The second-order valence-corrected chi connectivity index (χ2v) is 5.79. The summed E-state index contributed by atoms with van der Waals surface area (Å²) in [6.07, 6.45) is -3.26. The number of carbonyl (C=O) groups is 1. The lowest BCUT2D eigenvalue weighted by Gasteiger charge is -2.16. The maximum Gasteiger partial charge on any atom is 0.471 e. The SMILES string of the molecule is COc1ccc2ccc3cnn(CC(C)NC(=O)C(F)(F)F)c3c2c1. The van der Waals surface area contributed by atoms with Crippen LogP contribution >= 0.6 is 0 Å². The fourth-order valence-corrected chi connectivity index (χ4v) is 2.76. The van der Waals surface area contributed by atoms with E-state index in [-0.39, 0.29) is 6.54 Å². The molecular formula is C17H16F3N3O2. The first-order chi connectivity index (χ1) is 11.8. The zero-order valence-electron chi connectivity index (χ0n) is 13.6. The van der Waals surface area contributed by atoms with E-state index in [4.69, 9.17) is 4.74 Å². The fraction of sp³-hybridized carbons (Fsp3) is 0.294. The number of carbonyl (C=O) groups excluding carboxylic acids is 1. The van der Waals surface area contributed by atoms with Crippen molar-refractivity contribution in [2.24, 2.45) is 0 Å². The van der Waals surface area contributed by atoms with Crippen molar-refractivity contribution in [1.82, 2.24) is 15.1 Å². The molecule has 132 valence electrons. The Bertz CT molecular complexity index is 934. The highest BCUT2D eigenvalue weighted by molar-refractivity contribution is 6.05. The van der Waals surface area contributed by atoms with E-state index in [0.717, 1.165) is 21.7 Å². The minimum absolute atomic E-state index is 0.113. The first kappa shape index (κ1) is 17.1. The van der Waals surface area contributed by atoms with E-state index >= 15 is 0 Å². The van der Waals surface area contributed by atoms with Gasteiger partial charge in [0, 0.05) is 16.8 Å². The lowest BCUT2D eigenvalue weighted by molar-refractivity contribution is -0.174. The van der Waals surface area contributed by atoms with E-state index < -0.39 is 18.1 Å². The molecule has 0 saturated heterocycles. The van der Waals surface area contributed by atoms with Gasteiger partial charge in [-0.3, -0.25) is 9.48 Å². The maximum absolute atomic E-state index is 12.4. The Balaban J connectivity index is 1.96. The molecule has 0 bridgehead atoms. The van der Waals surface area contributed by atoms with Crippen molar-refractivity contribution < 1.29 is 22.7 Å². The summed E-state index contributed by atoms with van der Waals surface area (Å²) in [5, 5.41) is 8.89. The van der Waals surface area contributed by atoms with Gasteiger partial charge in [0.05, 0.1) is 25.4 Å². The summed E-state index contributed by atoms with van der Waals surface area (Å²) >= 11 is 0. The molecule has 0 aliphatic carbocycles. The number of halogens is 3. The van der Waals surface area contributed by atoms with E-state index in [0.29, 0.717) is 5.75 Å². The molecule has 5 nitrogen and oxygen atoms in total. The maximum atomic E-state index is 12.4. The van der Waals surface area contributed by atoms with Crippen molar-refractivity contribution in [3.05, 3.63) is 36.5 Å². The average Bonchev–Trinajstić information content (AvgIpc) is 2.96. The molecule has 1 aromatic heterocycles. The summed E-state index contributed by atoms with van der Waals surface area (Å²) in [6, 6.07) is 8.69. The second-order valence-electron chi connectivity index (χ2n) is 5.79. The molecule has 0 aliphatic rings. The number of ether oxygens (including phenoxy) is 1. The molecule has 0 radical (unpaired) electrons. The van der Waals surface area contributed by atoms with Crippen LogP contribution in [0.15, 0.2) is 36.5 Å². The lowest BCUT2D eigenvalue weighted by atomic mass is 10.1. The molecule has 1 atom stereocenters. The Labute approximate surface area is 141 Å². The lowest BCUT2D eigenvalue weighted by Crippen LogP contribution is -2.43. The van der Waals surface area contributed by atoms with Gasteiger partial charge in [0.25, 0.3) is 0 Å². The van der Waals surface area contributed by atoms with E-state index in [1.165, 1.54) is 6.92 Å². The third kappa shape index (κ3) is 3.38. The van der Waals surface area contributed by atoms with Gasteiger partial charge in [-0.15, -0.1) is 0 Å². The van der Waals surface area contributed by atoms with E-state index in [1.807, 2.05) is 35.6 Å². The Kier molecular flexibility index (Phi) is 4.28. The van der Waals surface area contributed by atoms with Crippen LogP contribution in [0.5, 0.6) is 5.75 Å². The number of rotatable bonds is 4. The van der Waals surface area contributed by atoms with Crippen molar-refractivity contribution in [3.8, 4) is 5.75 Å². The number of hydrogen-bond donors (Lipinski definition) is 1. The quantitative estimate of drug-likeness (QED) is 0.785. The molecule has 2 aromatic carbocycles. The summed E-state index contributed by atoms with van der Waals surface area (Å²) in [5.74, 6) is -1.28. The van der Waals surface area contributed by atoms with Crippen LogP contribution < -0.4 is 10.1 Å². The first-order valence-electron chi connectivity index (χ1n) is 7.59. The van der Waals surface area contributed by atoms with Crippen molar-refractivity contribution in [1.29, 1.82) is 0 Å². The van der Waals surface area contributed by atoms with Crippen molar-refractivity contribution >= 4 is 27.6 Å². The standard InChI is InChI=1S/C17H16F3N3O2/c1-10(22-16(24)17(18,19)20)9-23-15-12(8-21-23)4-3-11-5-6-13(25-2)7-14(11)15/h3-8,10H,9H2,1-2H3,(H,22,24). The summed E-state index contributed by atoms with van der Waals surface area (Å²) in [7, 11) is 1.56. The zero-order valence-corrected chi connectivity index (χ0v) is 13.6. The highest BCUT2D eigenvalue weighted by atomic mass is 19.4. The number of aromatic nitrogens is 2. The molecule has 0 fully saturated rings. The van der Waals surface area contributed by atoms with E-state index in [2.05, 4.69) is 5.10 Å². The van der Waals surface area contributed by atoms with Gasteiger partial charge in [0.2, 0.25) is 0 Å². The average molecular weight is 351 g/mol. The van der Waals surface area contributed by atoms with Gasteiger partial charge in [-0.1, -0.05) is 18.2 Å². The monoisotopic (exact) mass is 351 g/mol. The first-order valence-corrected chi connectivity index (χ1v) is 7.59. The minimum atomic E-state index is -4.90. The number of alkyl halides is 3. The normalized spacial score (nSPS) is 13.2. The largest absolute Gasteiger partial charge is 0.497 e. The summed E-state index contributed by atoms with van der Waals surface area (Å²) in [4.78, 5) is 11.1. The third-order valence-corrected chi connectivity index (χ3v) is 3.91. The fourth-order valence-electron chi connectivity index (χ4n) is 2.76. The van der Waals surface area contributed by atoms with Gasteiger partial charge in [-0.25, -0.2) is 0 Å². The number of nitrogens with zero attached hydrogens (tertiary/aromatic N) is 2. The summed E-state index contributed by atoms with van der Waals surface area (Å²) in [5.41, 5.74) is 0.782. The molecule has 0 aliphatic heterocycles. The van der Waals surface area contributed by atoms with Crippen LogP contribution in [0.4, 0.5) is 13.2 Å². The molecule has 1 amide bonds. The number of methoxy groups -OCH3 is 1. The second kappa shape index (κ2) is 6.27. The summed E-state index contributed by atoms with van der Waals surface area (Å²) < 4.78 is 44.0. The van der Waals surface area contributed by atoms with E-state index in [9.17, 15) is 18.0 Å². The van der Waals surface area contributed by atoms with Crippen LogP contribution in [-0.4, -0.2) is 35.0 Å². The number of hydrogen-bond acceptors (Lipinski definition) is 3. The van der Waals surface area contributed by atoms with Crippen LogP contribution in [0.2, 0.25) is 0 Å². The Hall–Kier alpha value is -2.77. The molecule has 0 spiro atoms. The molecule has 1 unspecified atom stereocenters. The summed E-state index contributed by atoms with van der Waals surface area (Å²) in [6.45, 7) is 1.62. The van der Waals surface area contributed by atoms with Crippen LogP contribution in [-0.2, 0) is 11.3 Å². The van der Waals surface area contributed by atoms with Crippen LogP contribution in [0, 0.1) is 0 Å². The predicted molar refractivity (Wildman–Crippen MR) is 87.5 cm³/mol. The molecule has 3 aromatic rings. The molecular weight excluding hydrogens is 335 g/mol. The van der Waals surface area contributed by atoms with Crippen molar-refractivity contribution in [2.75, 3.05) is 7.11 Å². The highest BCUT2D eigenvalue weighted by Crippen LogP contribution is 2.28. The van der Waals surface area contributed by atoms with Gasteiger partial charge in [-0.05, 0) is 24.4 Å². The third-order valence-electron chi connectivity index (χ3n) is 3.91. The van der Waals surface area contributed by atoms with Gasteiger partial charge in [0.15, 0.2) is 0 Å². The molecule has 25 heavy (non-hydrogen) atoms. The predicted octanol–water partition coefficient (Wildman–Crippen LogP) is 3.27. The smallest absolute Gasteiger partial charge is 0.471 e. The Morgan fingerprint density at radius 3 is 2.64 bits per heavy atom. The van der Waals surface area contributed by atoms with Gasteiger partial charge >= 0.3 is 12.1 Å². The number of amides is 1. The molecule has 1 N–H and O–H groups in total. The van der Waals surface area contributed by atoms with Crippen LogP contribution in [0.3, 0.4) is 0 Å². The van der Waals surface area contributed by atoms with Crippen molar-refractivity contribution in [3.63, 3.8) is 0 Å². The Morgan fingerprint density at radius 1 is 1.28 bits per heavy atom. The molecule has 0 saturated carbocycles. The topological polar surface area (TPSA) is 56.1 Å². The van der Waals surface area contributed by atoms with Crippen LogP contribution in [0.25, 0.3) is 21.7 Å². The van der Waals surface area contributed by atoms with Gasteiger partial charge < -0.3 is 10.1 Å². The van der Waals surface area contributed by atoms with Crippen LogP contribution in [0.1, 0.15) is 6.92 Å². The van der Waals surface area contributed by atoms with Gasteiger partial charge in [-0.2, -0.15) is 18.3 Å². The zero-order chi connectivity index (χ0) is 18.2. The Morgan fingerprint density at radius 2 is 1.96 bits per heavy atom. The van der Waals surface area contributed by atoms with Gasteiger partial charge in [0.1, 0.15) is 5.75 Å². The van der Waals surface area contributed by atoms with Crippen molar-refractivity contribution in [2.45, 2.75) is 25.7 Å². The number of benzene rings is 2. The number of nitrogens with one attached hydrogen (secondary N) is 1. The number of fused-ring (bicyclic) bond motifs is 3.